The molecule has 0 saturated carbocycles. The number of likely N-dealkylation sites (tertiary alicyclic amines) is 1. The van der Waals surface area contributed by atoms with Crippen LogP contribution in [0.15, 0.2) is 53.4 Å². The third-order valence-corrected chi connectivity index (χ3v) is 5.30. The Morgan fingerprint density at radius 1 is 1.21 bits per heavy atom. The van der Waals surface area contributed by atoms with Crippen LogP contribution in [0.1, 0.15) is 39.4 Å². The van der Waals surface area contributed by atoms with Crippen molar-refractivity contribution in [2.75, 3.05) is 19.6 Å². The number of hydrogen-bond donors (Lipinski definition) is 1. The number of nitrogens with zero attached hydrogens (tertiary/aromatic N) is 4. The Hall–Kier alpha value is -3.42. The number of pyridine rings is 1. The van der Waals surface area contributed by atoms with Crippen molar-refractivity contribution in [3.05, 3.63) is 66.0 Å². The molecule has 0 atom stereocenters. The molecule has 1 fully saturated rings. The Morgan fingerprint density at radius 2 is 2.03 bits per heavy atom. The highest BCUT2D eigenvalue weighted by molar-refractivity contribution is 5.95. The summed E-state index contributed by atoms with van der Waals surface area (Å²) in [7, 11) is 0. The maximum absolute atomic E-state index is 13.0. The van der Waals surface area contributed by atoms with Gasteiger partial charge in [-0.05, 0) is 49.9 Å². The fourth-order valence-electron chi connectivity index (χ4n) is 3.57. The second-order valence-electron chi connectivity index (χ2n) is 7.17. The molecule has 1 saturated heterocycles. The van der Waals surface area contributed by atoms with Gasteiger partial charge in [0.1, 0.15) is 0 Å². The van der Waals surface area contributed by atoms with E-state index < -0.39 is 0 Å². The second kappa shape index (κ2) is 8.30. The molecular formula is C21H23N5O3. The van der Waals surface area contributed by atoms with Crippen LogP contribution in [0.4, 0.5) is 0 Å². The fourth-order valence-corrected chi connectivity index (χ4v) is 3.57. The van der Waals surface area contributed by atoms with Crippen molar-refractivity contribution in [1.29, 1.82) is 0 Å². The molecule has 4 heterocycles. The van der Waals surface area contributed by atoms with E-state index in [1.807, 2.05) is 30.0 Å². The number of carbonyl (C=O) groups is 2. The van der Waals surface area contributed by atoms with Gasteiger partial charge in [0.15, 0.2) is 11.6 Å². The van der Waals surface area contributed by atoms with Crippen LogP contribution in [-0.4, -0.2) is 51.1 Å². The molecule has 1 aliphatic heterocycles. The number of nitrogens with one attached hydrogen (secondary N) is 1. The summed E-state index contributed by atoms with van der Waals surface area (Å²) in [4.78, 5) is 31.1. The lowest BCUT2D eigenvalue weighted by Gasteiger charge is -2.32. The largest absolute Gasteiger partial charge is 0.459 e. The molecule has 0 radical (unpaired) electrons. The molecule has 2 amide bonds. The third kappa shape index (κ3) is 4.06. The van der Waals surface area contributed by atoms with E-state index in [0.717, 1.165) is 18.5 Å². The first-order chi connectivity index (χ1) is 14.1. The molecule has 150 valence electrons. The summed E-state index contributed by atoms with van der Waals surface area (Å²) >= 11 is 0. The van der Waals surface area contributed by atoms with Crippen molar-refractivity contribution in [3.63, 3.8) is 0 Å². The minimum Gasteiger partial charge on any atom is -0.459 e. The zero-order valence-corrected chi connectivity index (χ0v) is 16.2. The van der Waals surface area contributed by atoms with E-state index in [9.17, 15) is 9.59 Å². The lowest BCUT2D eigenvalue weighted by atomic mass is 9.96. The van der Waals surface area contributed by atoms with E-state index in [1.165, 1.54) is 6.26 Å². The van der Waals surface area contributed by atoms with Crippen LogP contribution in [0.3, 0.4) is 0 Å². The van der Waals surface area contributed by atoms with Crippen molar-refractivity contribution in [1.82, 2.24) is 25.0 Å². The molecule has 1 N–H and O–H groups in total. The van der Waals surface area contributed by atoms with Crippen LogP contribution in [-0.2, 0) is 0 Å². The highest BCUT2D eigenvalue weighted by Crippen LogP contribution is 2.21. The molecule has 4 rings (SSSR count). The molecule has 0 bridgehead atoms. The zero-order valence-electron chi connectivity index (χ0n) is 16.2. The van der Waals surface area contributed by atoms with Crippen LogP contribution >= 0.6 is 0 Å². The average Bonchev–Trinajstić information content (AvgIpc) is 3.43. The predicted molar refractivity (Wildman–Crippen MR) is 106 cm³/mol. The van der Waals surface area contributed by atoms with Crippen molar-refractivity contribution in [2.45, 2.75) is 19.8 Å². The summed E-state index contributed by atoms with van der Waals surface area (Å²) in [6, 6.07) is 8.92. The second-order valence-corrected chi connectivity index (χ2v) is 7.17. The van der Waals surface area contributed by atoms with E-state index in [1.54, 1.807) is 29.2 Å². The van der Waals surface area contributed by atoms with Crippen LogP contribution in [0, 0.1) is 12.8 Å². The minimum atomic E-state index is -0.203. The van der Waals surface area contributed by atoms with Crippen molar-refractivity contribution >= 4 is 11.8 Å². The Labute approximate surface area is 168 Å². The van der Waals surface area contributed by atoms with E-state index in [-0.39, 0.29) is 11.8 Å². The van der Waals surface area contributed by atoms with E-state index in [2.05, 4.69) is 15.4 Å². The molecular weight excluding hydrogens is 370 g/mol. The van der Waals surface area contributed by atoms with Gasteiger partial charge in [-0.2, -0.15) is 5.10 Å². The molecule has 8 nitrogen and oxygen atoms in total. The first-order valence-corrected chi connectivity index (χ1v) is 9.70. The number of rotatable bonds is 5. The molecule has 8 heteroatoms. The van der Waals surface area contributed by atoms with Gasteiger partial charge in [-0.15, -0.1) is 0 Å². The van der Waals surface area contributed by atoms with Gasteiger partial charge in [-0.25, -0.2) is 9.67 Å². The molecule has 3 aromatic rings. The summed E-state index contributed by atoms with van der Waals surface area (Å²) in [6.45, 7) is 3.78. The maximum atomic E-state index is 13.0. The summed E-state index contributed by atoms with van der Waals surface area (Å²) in [5, 5.41) is 7.25. The Morgan fingerprint density at radius 3 is 2.72 bits per heavy atom. The van der Waals surface area contributed by atoms with Crippen molar-refractivity contribution < 1.29 is 14.0 Å². The zero-order chi connectivity index (χ0) is 20.2. The average molecular weight is 393 g/mol. The lowest BCUT2D eigenvalue weighted by Crippen LogP contribution is -2.41. The smallest absolute Gasteiger partial charge is 0.286 e. The van der Waals surface area contributed by atoms with Gasteiger partial charge in [0.2, 0.25) is 0 Å². The van der Waals surface area contributed by atoms with E-state index in [0.29, 0.717) is 42.7 Å². The summed E-state index contributed by atoms with van der Waals surface area (Å²) in [6.07, 6.45) is 6.49. The number of piperidine rings is 1. The van der Waals surface area contributed by atoms with Gasteiger partial charge in [0.25, 0.3) is 11.8 Å². The fraction of sp³-hybridized carbons (Fsp3) is 0.333. The quantitative estimate of drug-likeness (QED) is 0.719. The molecule has 3 aromatic heterocycles. The topological polar surface area (TPSA) is 93.3 Å². The van der Waals surface area contributed by atoms with Gasteiger partial charge >= 0.3 is 0 Å². The first kappa shape index (κ1) is 18.9. The molecule has 0 spiro atoms. The van der Waals surface area contributed by atoms with Gasteiger partial charge in [0.05, 0.1) is 23.7 Å². The monoisotopic (exact) mass is 393 g/mol. The normalized spacial score (nSPS) is 14.7. The van der Waals surface area contributed by atoms with Crippen LogP contribution < -0.4 is 5.32 Å². The highest BCUT2D eigenvalue weighted by atomic mass is 16.3. The molecule has 29 heavy (non-hydrogen) atoms. The first-order valence-electron chi connectivity index (χ1n) is 9.70. The Bertz CT molecular complexity index is 973. The maximum Gasteiger partial charge on any atom is 0.286 e. The van der Waals surface area contributed by atoms with Crippen LogP contribution in [0.25, 0.3) is 5.82 Å². The SMILES string of the molecule is Cc1c(C(=O)N2CCC(CNC(=O)c3ccco3)CC2)cnn1-c1ccccn1. The third-order valence-electron chi connectivity index (χ3n) is 5.30. The standard InChI is InChI=1S/C21H23N5O3/c1-15-17(14-24-26(15)19-6-2-3-9-22-19)21(28)25-10-7-16(8-11-25)13-23-20(27)18-5-4-12-29-18/h2-6,9,12,14,16H,7-8,10-11,13H2,1H3,(H,23,27). The Kier molecular flexibility index (Phi) is 5.41. The molecule has 1 aliphatic rings. The lowest BCUT2D eigenvalue weighted by molar-refractivity contribution is 0.0682. The van der Waals surface area contributed by atoms with Crippen molar-refractivity contribution in [3.8, 4) is 5.82 Å². The molecule has 0 aromatic carbocycles. The Balaban J connectivity index is 1.32. The van der Waals surface area contributed by atoms with Gasteiger partial charge in [0, 0.05) is 25.8 Å². The minimum absolute atomic E-state index is 0.0113. The molecule has 0 aliphatic carbocycles. The van der Waals surface area contributed by atoms with Gasteiger partial charge in [-0.1, -0.05) is 6.07 Å². The van der Waals surface area contributed by atoms with Crippen LogP contribution in [0.5, 0.6) is 0 Å². The number of aromatic nitrogens is 3. The van der Waals surface area contributed by atoms with Crippen molar-refractivity contribution in [2.24, 2.45) is 5.92 Å². The number of carbonyl (C=O) groups excluding carboxylic acids is 2. The number of amides is 2. The van der Waals surface area contributed by atoms with E-state index in [4.69, 9.17) is 4.42 Å². The van der Waals surface area contributed by atoms with Gasteiger partial charge < -0.3 is 14.6 Å². The summed E-state index contributed by atoms with van der Waals surface area (Å²) < 4.78 is 6.79. The summed E-state index contributed by atoms with van der Waals surface area (Å²) in [5.41, 5.74) is 1.38. The predicted octanol–water partition coefficient (Wildman–Crippen LogP) is 2.45. The number of furan rings is 1. The van der Waals surface area contributed by atoms with E-state index >= 15 is 0 Å². The summed E-state index contributed by atoms with van der Waals surface area (Å²) in [5.74, 6) is 1.14. The van der Waals surface area contributed by atoms with Crippen LogP contribution in [0.2, 0.25) is 0 Å². The number of hydrogen-bond acceptors (Lipinski definition) is 5. The van der Waals surface area contributed by atoms with Gasteiger partial charge in [-0.3, -0.25) is 9.59 Å². The highest BCUT2D eigenvalue weighted by Gasteiger charge is 2.26. The molecule has 0 unspecified atom stereocenters.